The molecule has 1 aliphatic rings. The maximum Gasteiger partial charge on any atom is 0.314 e. The van der Waals surface area contributed by atoms with E-state index in [-0.39, 0.29) is 24.7 Å². The average molecular weight is 340 g/mol. The first-order chi connectivity index (χ1) is 12.3. The van der Waals surface area contributed by atoms with Gasteiger partial charge >= 0.3 is 6.03 Å². The molecule has 1 heterocycles. The highest BCUT2D eigenvalue weighted by Crippen LogP contribution is 2.27. The second kappa shape index (κ2) is 8.53. The van der Waals surface area contributed by atoms with Crippen molar-refractivity contribution in [3.63, 3.8) is 0 Å². The molecule has 3 N–H and O–H groups in total. The predicted octanol–water partition coefficient (Wildman–Crippen LogP) is 2.46. The maximum atomic E-state index is 12.1. The SMILES string of the molecule is O=C(NCC1Cc2ccccc2O1)NCC(CCO)c1ccccc1. The number of carbonyl (C=O) groups excluding carboxylic acids is 1. The van der Waals surface area contributed by atoms with Crippen LogP contribution < -0.4 is 15.4 Å². The molecule has 0 spiro atoms. The second-order valence-electron chi connectivity index (χ2n) is 6.26. The van der Waals surface area contributed by atoms with E-state index in [1.807, 2.05) is 48.5 Å². The zero-order valence-corrected chi connectivity index (χ0v) is 14.2. The normalized spacial score (nSPS) is 16.6. The molecule has 3 rings (SSSR count). The van der Waals surface area contributed by atoms with Crippen LogP contribution in [0.15, 0.2) is 54.6 Å². The Kier molecular flexibility index (Phi) is 5.90. The summed E-state index contributed by atoms with van der Waals surface area (Å²) in [5.74, 6) is 1.01. The molecule has 2 aromatic carbocycles. The third-order valence-corrected chi connectivity index (χ3v) is 4.46. The minimum Gasteiger partial charge on any atom is -0.488 e. The van der Waals surface area contributed by atoms with Crippen LogP contribution in [0.25, 0.3) is 0 Å². The van der Waals surface area contributed by atoms with Crippen LogP contribution in [-0.4, -0.2) is 36.9 Å². The summed E-state index contributed by atoms with van der Waals surface area (Å²) in [6, 6.07) is 17.7. The van der Waals surface area contributed by atoms with Crippen LogP contribution in [0.1, 0.15) is 23.5 Å². The Bertz CT molecular complexity index is 665. The Morgan fingerprint density at radius 2 is 1.88 bits per heavy atom. The number of fused-ring (bicyclic) bond motifs is 1. The number of carbonyl (C=O) groups is 1. The van der Waals surface area contributed by atoms with Crippen molar-refractivity contribution in [1.82, 2.24) is 10.6 Å². The zero-order chi connectivity index (χ0) is 17.5. The average Bonchev–Trinajstić information content (AvgIpc) is 3.07. The van der Waals surface area contributed by atoms with Gasteiger partial charge in [0.15, 0.2) is 0 Å². The molecule has 0 fully saturated rings. The minimum absolute atomic E-state index is 0.0227. The van der Waals surface area contributed by atoms with Gasteiger partial charge in [0.05, 0.1) is 6.54 Å². The van der Waals surface area contributed by atoms with Crippen LogP contribution in [0.5, 0.6) is 5.75 Å². The number of nitrogens with one attached hydrogen (secondary N) is 2. The molecule has 0 bridgehead atoms. The van der Waals surface area contributed by atoms with Gasteiger partial charge in [-0.25, -0.2) is 4.79 Å². The van der Waals surface area contributed by atoms with Gasteiger partial charge in [0, 0.05) is 25.5 Å². The van der Waals surface area contributed by atoms with Crippen molar-refractivity contribution in [2.24, 2.45) is 0 Å². The molecule has 1 aliphatic heterocycles. The van der Waals surface area contributed by atoms with E-state index in [0.717, 1.165) is 17.7 Å². The third kappa shape index (κ3) is 4.73. The highest BCUT2D eigenvalue weighted by molar-refractivity contribution is 5.73. The van der Waals surface area contributed by atoms with Crippen molar-refractivity contribution < 1.29 is 14.6 Å². The summed E-state index contributed by atoms with van der Waals surface area (Å²) in [5, 5.41) is 15.0. The zero-order valence-electron chi connectivity index (χ0n) is 14.2. The molecule has 0 saturated carbocycles. The quantitative estimate of drug-likeness (QED) is 0.725. The molecule has 2 atom stereocenters. The van der Waals surface area contributed by atoms with Crippen molar-refractivity contribution >= 4 is 6.03 Å². The van der Waals surface area contributed by atoms with Crippen LogP contribution in [0.3, 0.4) is 0 Å². The van der Waals surface area contributed by atoms with E-state index < -0.39 is 0 Å². The van der Waals surface area contributed by atoms with E-state index in [1.54, 1.807) is 0 Å². The molecule has 2 unspecified atom stereocenters. The number of aliphatic hydroxyl groups excluding tert-OH is 1. The lowest BCUT2D eigenvalue weighted by Gasteiger charge is -2.18. The molecule has 0 radical (unpaired) electrons. The summed E-state index contributed by atoms with van der Waals surface area (Å²) >= 11 is 0. The van der Waals surface area contributed by atoms with E-state index in [1.165, 1.54) is 5.56 Å². The summed E-state index contributed by atoms with van der Waals surface area (Å²) in [6.45, 7) is 1.05. The number of hydrogen-bond donors (Lipinski definition) is 3. The van der Waals surface area contributed by atoms with Crippen LogP contribution in [0, 0.1) is 0 Å². The lowest BCUT2D eigenvalue weighted by Crippen LogP contribution is -2.42. The first kappa shape index (κ1) is 17.3. The molecule has 0 saturated heterocycles. The number of ether oxygens (including phenoxy) is 1. The largest absolute Gasteiger partial charge is 0.488 e. The van der Waals surface area contributed by atoms with Crippen molar-refractivity contribution in [1.29, 1.82) is 0 Å². The molecule has 132 valence electrons. The van der Waals surface area contributed by atoms with Gasteiger partial charge < -0.3 is 20.5 Å². The summed E-state index contributed by atoms with van der Waals surface area (Å²) < 4.78 is 5.82. The van der Waals surface area contributed by atoms with Crippen LogP contribution in [-0.2, 0) is 6.42 Å². The molecule has 5 nitrogen and oxygen atoms in total. The van der Waals surface area contributed by atoms with Gasteiger partial charge in [-0.15, -0.1) is 0 Å². The van der Waals surface area contributed by atoms with Crippen molar-refractivity contribution in [2.45, 2.75) is 24.9 Å². The monoisotopic (exact) mass is 340 g/mol. The van der Waals surface area contributed by atoms with E-state index in [4.69, 9.17) is 4.74 Å². The van der Waals surface area contributed by atoms with Crippen LogP contribution in [0.2, 0.25) is 0 Å². The Labute approximate surface area is 148 Å². The molecule has 0 aliphatic carbocycles. The molecule has 25 heavy (non-hydrogen) atoms. The number of amides is 2. The van der Waals surface area contributed by atoms with Gasteiger partial charge in [-0.2, -0.15) is 0 Å². The topological polar surface area (TPSA) is 70.6 Å². The molecular weight excluding hydrogens is 316 g/mol. The van der Waals surface area contributed by atoms with Crippen LogP contribution in [0.4, 0.5) is 4.79 Å². The molecule has 2 aromatic rings. The fourth-order valence-corrected chi connectivity index (χ4v) is 3.12. The second-order valence-corrected chi connectivity index (χ2v) is 6.26. The number of hydrogen-bond acceptors (Lipinski definition) is 3. The van der Waals surface area contributed by atoms with Crippen molar-refractivity contribution in [3.8, 4) is 5.75 Å². The smallest absolute Gasteiger partial charge is 0.314 e. The number of benzene rings is 2. The van der Waals surface area contributed by atoms with E-state index in [2.05, 4.69) is 16.7 Å². The van der Waals surface area contributed by atoms with Gasteiger partial charge in [0.1, 0.15) is 11.9 Å². The van der Waals surface area contributed by atoms with Gasteiger partial charge in [-0.05, 0) is 23.6 Å². The first-order valence-corrected chi connectivity index (χ1v) is 8.68. The number of rotatable bonds is 7. The van der Waals surface area contributed by atoms with Crippen LogP contribution >= 0.6 is 0 Å². The Balaban J connectivity index is 1.43. The molecule has 0 aromatic heterocycles. The van der Waals surface area contributed by atoms with Gasteiger partial charge in [-0.1, -0.05) is 48.5 Å². The lowest BCUT2D eigenvalue weighted by atomic mass is 9.96. The number of aliphatic hydroxyl groups is 1. The fraction of sp³-hybridized carbons (Fsp3) is 0.350. The molecule has 5 heteroatoms. The maximum absolute atomic E-state index is 12.1. The number of urea groups is 1. The Morgan fingerprint density at radius 3 is 2.64 bits per heavy atom. The van der Waals surface area contributed by atoms with Gasteiger partial charge in [-0.3, -0.25) is 0 Å². The fourth-order valence-electron chi connectivity index (χ4n) is 3.12. The molecular formula is C20H24N2O3. The summed E-state index contributed by atoms with van der Waals surface area (Å²) in [7, 11) is 0. The van der Waals surface area contributed by atoms with E-state index in [0.29, 0.717) is 19.5 Å². The van der Waals surface area contributed by atoms with Crippen molar-refractivity contribution in [3.05, 3.63) is 65.7 Å². The first-order valence-electron chi connectivity index (χ1n) is 8.68. The third-order valence-electron chi connectivity index (χ3n) is 4.46. The summed E-state index contributed by atoms with van der Waals surface area (Å²) in [4.78, 5) is 12.1. The minimum atomic E-state index is -0.210. The summed E-state index contributed by atoms with van der Waals surface area (Å²) in [5.41, 5.74) is 2.30. The highest BCUT2D eigenvalue weighted by Gasteiger charge is 2.22. The Hall–Kier alpha value is -2.53. The van der Waals surface area contributed by atoms with E-state index in [9.17, 15) is 9.90 Å². The molecule has 2 amide bonds. The Morgan fingerprint density at radius 1 is 1.12 bits per heavy atom. The lowest BCUT2D eigenvalue weighted by molar-refractivity contribution is 0.213. The number of para-hydroxylation sites is 1. The standard InChI is InChI=1S/C20H24N2O3/c23-11-10-17(15-6-2-1-3-7-15)13-21-20(24)22-14-18-12-16-8-4-5-9-19(16)25-18/h1-9,17-18,23H,10-14H2,(H2,21,22,24). The van der Waals surface area contributed by atoms with Crippen molar-refractivity contribution in [2.75, 3.05) is 19.7 Å². The highest BCUT2D eigenvalue weighted by atomic mass is 16.5. The van der Waals surface area contributed by atoms with Gasteiger partial charge in [0.25, 0.3) is 0 Å². The summed E-state index contributed by atoms with van der Waals surface area (Å²) in [6.07, 6.45) is 1.41. The van der Waals surface area contributed by atoms with Gasteiger partial charge in [0.2, 0.25) is 0 Å². The van der Waals surface area contributed by atoms with E-state index >= 15 is 0 Å². The predicted molar refractivity (Wildman–Crippen MR) is 96.8 cm³/mol.